The van der Waals surface area contributed by atoms with E-state index < -0.39 is 24.2 Å². The van der Waals surface area contributed by atoms with Crippen LogP contribution in [0.2, 0.25) is 0 Å². The van der Waals surface area contributed by atoms with Gasteiger partial charge >= 0.3 is 12.1 Å². The van der Waals surface area contributed by atoms with E-state index >= 15 is 0 Å². The Morgan fingerprint density at radius 1 is 1.22 bits per heavy atom. The second kappa shape index (κ2) is 7.51. The number of rotatable bonds is 3. The van der Waals surface area contributed by atoms with Crippen LogP contribution in [0.15, 0.2) is 0 Å². The SMILES string of the molecule is COC(=O)[C@@H]1C[C@@H](O)CN1C(=O)O[C@@H]1C[C@H](C)CC[C@H]1C(C)C. The van der Waals surface area contributed by atoms with Crippen molar-refractivity contribution >= 4 is 12.1 Å². The molecule has 6 nitrogen and oxygen atoms in total. The third-order valence-electron chi connectivity index (χ3n) is 5.20. The van der Waals surface area contributed by atoms with Crippen LogP contribution in [0, 0.1) is 17.8 Å². The summed E-state index contributed by atoms with van der Waals surface area (Å²) in [6.07, 6.45) is 1.93. The molecule has 0 bridgehead atoms. The monoisotopic (exact) mass is 327 g/mol. The molecule has 0 aromatic rings. The Labute approximate surface area is 138 Å². The Bertz CT molecular complexity index is 439. The lowest BCUT2D eigenvalue weighted by Crippen LogP contribution is -2.45. The summed E-state index contributed by atoms with van der Waals surface area (Å²) in [5, 5.41) is 9.79. The maximum atomic E-state index is 12.5. The largest absolute Gasteiger partial charge is 0.467 e. The minimum absolute atomic E-state index is 0.118. The summed E-state index contributed by atoms with van der Waals surface area (Å²) in [6, 6.07) is -0.749. The maximum Gasteiger partial charge on any atom is 0.410 e. The van der Waals surface area contributed by atoms with Gasteiger partial charge in [0.25, 0.3) is 0 Å². The average Bonchev–Trinajstić information content (AvgIpc) is 2.88. The van der Waals surface area contributed by atoms with Gasteiger partial charge in [0.05, 0.1) is 19.8 Å². The molecule has 1 aliphatic carbocycles. The van der Waals surface area contributed by atoms with E-state index in [1.807, 2.05) is 0 Å². The van der Waals surface area contributed by atoms with Gasteiger partial charge in [-0.3, -0.25) is 4.90 Å². The number of carbonyl (C=O) groups excluding carboxylic acids is 2. The Balaban J connectivity index is 2.05. The molecule has 2 rings (SSSR count). The van der Waals surface area contributed by atoms with E-state index in [0.29, 0.717) is 17.8 Å². The molecule has 23 heavy (non-hydrogen) atoms. The van der Waals surface area contributed by atoms with Crippen molar-refractivity contribution in [2.24, 2.45) is 17.8 Å². The van der Waals surface area contributed by atoms with Crippen LogP contribution in [0.25, 0.3) is 0 Å². The van der Waals surface area contributed by atoms with Crippen LogP contribution < -0.4 is 0 Å². The third kappa shape index (κ3) is 4.16. The number of aliphatic hydroxyl groups excluding tert-OH is 1. The first kappa shape index (κ1) is 18.0. The van der Waals surface area contributed by atoms with Gasteiger partial charge in [-0.2, -0.15) is 0 Å². The molecule has 0 unspecified atom stereocenters. The number of methoxy groups -OCH3 is 1. The van der Waals surface area contributed by atoms with Crippen molar-refractivity contribution in [3.05, 3.63) is 0 Å². The fraction of sp³-hybridized carbons (Fsp3) is 0.882. The first-order valence-electron chi connectivity index (χ1n) is 8.56. The number of β-amino-alcohol motifs (C(OH)–C–C–N with tert-alkyl or cyclic N) is 1. The molecule has 2 fully saturated rings. The van der Waals surface area contributed by atoms with Gasteiger partial charge in [0.15, 0.2) is 0 Å². The Kier molecular flexibility index (Phi) is 5.89. The zero-order chi connectivity index (χ0) is 17.1. The van der Waals surface area contributed by atoms with E-state index in [9.17, 15) is 14.7 Å². The number of nitrogens with zero attached hydrogens (tertiary/aromatic N) is 1. The smallest absolute Gasteiger partial charge is 0.410 e. The quantitative estimate of drug-likeness (QED) is 0.804. The van der Waals surface area contributed by atoms with Gasteiger partial charge in [-0.25, -0.2) is 9.59 Å². The van der Waals surface area contributed by atoms with Gasteiger partial charge in [-0.15, -0.1) is 0 Å². The molecule has 0 aromatic carbocycles. The summed E-state index contributed by atoms with van der Waals surface area (Å²) in [5.74, 6) is 0.819. The number of hydrogen-bond donors (Lipinski definition) is 1. The van der Waals surface area contributed by atoms with Crippen molar-refractivity contribution in [1.82, 2.24) is 4.90 Å². The van der Waals surface area contributed by atoms with Gasteiger partial charge < -0.3 is 14.6 Å². The molecule has 6 heteroatoms. The zero-order valence-corrected chi connectivity index (χ0v) is 14.5. The summed E-state index contributed by atoms with van der Waals surface area (Å²) in [5.41, 5.74) is 0. The summed E-state index contributed by atoms with van der Waals surface area (Å²) in [4.78, 5) is 25.7. The van der Waals surface area contributed by atoms with E-state index in [-0.39, 0.29) is 19.1 Å². The Hall–Kier alpha value is -1.30. The second-order valence-electron chi connectivity index (χ2n) is 7.33. The van der Waals surface area contributed by atoms with Crippen molar-refractivity contribution < 1.29 is 24.2 Å². The molecular formula is C17H29NO5. The van der Waals surface area contributed by atoms with Gasteiger partial charge in [0.1, 0.15) is 12.1 Å². The third-order valence-corrected chi connectivity index (χ3v) is 5.20. The topological polar surface area (TPSA) is 76.1 Å². The number of aliphatic hydroxyl groups is 1. The molecule has 132 valence electrons. The molecule has 1 N–H and O–H groups in total. The van der Waals surface area contributed by atoms with Crippen molar-refractivity contribution in [3.63, 3.8) is 0 Å². The molecule has 1 saturated carbocycles. The first-order chi connectivity index (χ1) is 10.8. The second-order valence-corrected chi connectivity index (χ2v) is 7.33. The van der Waals surface area contributed by atoms with Gasteiger partial charge in [-0.05, 0) is 30.6 Å². The van der Waals surface area contributed by atoms with Crippen LogP contribution in [0.5, 0.6) is 0 Å². The lowest BCUT2D eigenvalue weighted by molar-refractivity contribution is -0.145. The minimum Gasteiger partial charge on any atom is -0.467 e. The summed E-state index contributed by atoms with van der Waals surface area (Å²) in [7, 11) is 1.29. The average molecular weight is 327 g/mol. The molecule has 1 aliphatic heterocycles. The molecule has 1 amide bonds. The maximum absolute atomic E-state index is 12.5. The van der Waals surface area contributed by atoms with Crippen LogP contribution in [0.1, 0.15) is 46.5 Å². The predicted octanol–water partition coefficient (Wildman–Crippen LogP) is 2.19. The van der Waals surface area contributed by atoms with Crippen molar-refractivity contribution in [1.29, 1.82) is 0 Å². The highest BCUT2D eigenvalue weighted by atomic mass is 16.6. The van der Waals surface area contributed by atoms with Crippen LogP contribution in [-0.4, -0.2) is 54.0 Å². The number of esters is 1. The highest BCUT2D eigenvalue weighted by Gasteiger charge is 2.42. The molecule has 1 heterocycles. The zero-order valence-electron chi connectivity index (χ0n) is 14.5. The molecule has 1 saturated heterocycles. The number of ether oxygens (including phenoxy) is 2. The minimum atomic E-state index is -0.749. The molecule has 0 radical (unpaired) electrons. The van der Waals surface area contributed by atoms with Gasteiger partial charge in [-0.1, -0.05) is 27.2 Å². The van der Waals surface area contributed by atoms with Crippen molar-refractivity contribution in [2.45, 2.75) is 64.7 Å². The number of amides is 1. The summed E-state index contributed by atoms with van der Waals surface area (Å²) >= 11 is 0. The predicted molar refractivity (Wildman–Crippen MR) is 84.7 cm³/mol. The molecule has 0 spiro atoms. The lowest BCUT2D eigenvalue weighted by atomic mass is 9.75. The molecular weight excluding hydrogens is 298 g/mol. The highest BCUT2D eigenvalue weighted by molar-refractivity contribution is 5.82. The van der Waals surface area contributed by atoms with E-state index in [1.54, 1.807) is 0 Å². The Morgan fingerprint density at radius 3 is 2.52 bits per heavy atom. The number of hydrogen-bond acceptors (Lipinski definition) is 5. The van der Waals surface area contributed by atoms with E-state index in [1.165, 1.54) is 12.0 Å². The fourth-order valence-electron chi connectivity index (χ4n) is 3.82. The summed E-state index contributed by atoms with van der Waals surface area (Å²) in [6.45, 7) is 6.60. The lowest BCUT2D eigenvalue weighted by Gasteiger charge is -2.37. The molecule has 2 aliphatic rings. The fourth-order valence-corrected chi connectivity index (χ4v) is 3.82. The highest BCUT2D eigenvalue weighted by Crippen LogP contribution is 2.36. The standard InChI is InChI=1S/C17H29NO5/c1-10(2)13-6-5-11(3)7-15(13)23-17(21)18-9-12(19)8-14(18)16(20)22-4/h10-15,19H,5-9H2,1-4H3/t11-,12-,13+,14+,15-/m1/s1. The van der Waals surface area contributed by atoms with Gasteiger partial charge in [0, 0.05) is 6.42 Å². The number of carbonyl (C=O) groups is 2. The normalized spacial score (nSPS) is 34.5. The molecule has 5 atom stereocenters. The van der Waals surface area contributed by atoms with Crippen LogP contribution in [-0.2, 0) is 14.3 Å². The van der Waals surface area contributed by atoms with E-state index in [0.717, 1.165) is 19.3 Å². The van der Waals surface area contributed by atoms with Crippen LogP contribution >= 0.6 is 0 Å². The van der Waals surface area contributed by atoms with E-state index in [4.69, 9.17) is 9.47 Å². The van der Waals surface area contributed by atoms with Crippen molar-refractivity contribution in [2.75, 3.05) is 13.7 Å². The van der Waals surface area contributed by atoms with Gasteiger partial charge in [0.2, 0.25) is 0 Å². The van der Waals surface area contributed by atoms with Crippen molar-refractivity contribution in [3.8, 4) is 0 Å². The number of likely N-dealkylation sites (tertiary alicyclic amines) is 1. The van der Waals surface area contributed by atoms with Crippen LogP contribution in [0.4, 0.5) is 4.79 Å². The molecule has 0 aromatic heterocycles. The van der Waals surface area contributed by atoms with E-state index in [2.05, 4.69) is 20.8 Å². The first-order valence-corrected chi connectivity index (χ1v) is 8.56. The summed E-state index contributed by atoms with van der Waals surface area (Å²) < 4.78 is 10.5. The van der Waals surface area contributed by atoms with Crippen LogP contribution in [0.3, 0.4) is 0 Å². The Morgan fingerprint density at radius 2 is 1.91 bits per heavy atom.